The molecule has 4 aliphatic rings. The number of aliphatic hydroxyl groups excluding tert-OH is 1. The highest BCUT2D eigenvalue weighted by atomic mass is 19.1. The Balaban J connectivity index is 1.36. The van der Waals surface area contributed by atoms with Crippen molar-refractivity contribution in [2.45, 2.75) is 56.5 Å². The van der Waals surface area contributed by atoms with Crippen LogP contribution in [-0.4, -0.2) is 98.9 Å². The number of aliphatic hydroxyl groups is 1. The van der Waals surface area contributed by atoms with E-state index in [4.69, 9.17) is 0 Å². The second-order valence-electron chi connectivity index (χ2n) is 9.55. The highest BCUT2D eigenvalue weighted by Crippen LogP contribution is 2.42. The first-order valence-corrected chi connectivity index (χ1v) is 11.3. The molecule has 3 amide bonds. The van der Waals surface area contributed by atoms with E-state index in [1.54, 1.807) is 25.1 Å². The number of β-amino-alcohol motifs (C(OH)–C–C–N with tert-alkyl or cyclic N) is 1. The number of carbonyl (C=O) groups excluding carboxylic acids is 3. The third-order valence-electron chi connectivity index (χ3n) is 7.66. The summed E-state index contributed by atoms with van der Waals surface area (Å²) in [6.45, 7) is 4.18. The topological polar surface area (TPSA) is 84.4 Å². The minimum absolute atomic E-state index is 0.0854. The summed E-state index contributed by atoms with van der Waals surface area (Å²) in [5.41, 5.74) is -0.553. The number of rotatable bonds is 3. The lowest BCUT2D eigenvalue weighted by atomic mass is 9.80. The summed E-state index contributed by atoms with van der Waals surface area (Å²) >= 11 is 0. The SMILES string of the molecule is CC(=O)N1CCC(N2CC3(C2)C(=O)N(Cc2ccccc2F)C(=O)C2CC(O)CN23)CC1. The molecule has 0 radical (unpaired) electrons. The first-order chi connectivity index (χ1) is 15.3. The van der Waals surface area contributed by atoms with Crippen LogP contribution in [0.3, 0.4) is 0 Å². The second-order valence-corrected chi connectivity index (χ2v) is 9.55. The summed E-state index contributed by atoms with van der Waals surface area (Å²) in [4.78, 5) is 45.6. The fourth-order valence-corrected chi connectivity index (χ4v) is 5.87. The van der Waals surface area contributed by atoms with Crippen molar-refractivity contribution >= 4 is 17.7 Å². The molecule has 8 nitrogen and oxygen atoms in total. The molecule has 172 valence electrons. The van der Waals surface area contributed by atoms with E-state index in [-0.39, 0.29) is 30.3 Å². The van der Waals surface area contributed by atoms with Crippen molar-refractivity contribution in [2.24, 2.45) is 0 Å². The summed E-state index contributed by atoms with van der Waals surface area (Å²) in [6, 6.07) is 5.92. The molecule has 2 unspecified atom stereocenters. The van der Waals surface area contributed by atoms with Crippen molar-refractivity contribution in [1.82, 2.24) is 19.6 Å². The van der Waals surface area contributed by atoms with Gasteiger partial charge < -0.3 is 10.0 Å². The van der Waals surface area contributed by atoms with Crippen LogP contribution in [-0.2, 0) is 20.9 Å². The van der Waals surface area contributed by atoms with E-state index in [0.717, 1.165) is 12.8 Å². The minimum atomic E-state index is -0.862. The third kappa shape index (κ3) is 3.34. The molecule has 4 fully saturated rings. The summed E-state index contributed by atoms with van der Waals surface area (Å²) in [6.07, 6.45) is 1.34. The summed E-state index contributed by atoms with van der Waals surface area (Å²) in [5.74, 6) is -1.01. The van der Waals surface area contributed by atoms with Crippen molar-refractivity contribution in [3.8, 4) is 0 Å². The Morgan fingerprint density at radius 3 is 2.53 bits per heavy atom. The van der Waals surface area contributed by atoms with Gasteiger partial charge in [-0.05, 0) is 25.3 Å². The second kappa shape index (κ2) is 7.90. The van der Waals surface area contributed by atoms with Crippen molar-refractivity contribution in [3.63, 3.8) is 0 Å². The van der Waals surface area contributed by atoms with Gasteiger partial charge in [-0.3, -0.25) is 29.1 Å². The van der Waals surface area contributed by atoms with Gasteiger partial charge in [0.05, 0.1) is 18.7 Å². The van der Waals surface area contributed by atoms with E-state index >= 15 is 0 Å². The third-order valence-corrected chi connectivity index (χ3v) is 7.66. The Hall–Kier alpha value is -2.36. The maximum absolute atomic E-state index is 14.3. The van der Waals surface area contributed by atoms with E-state index < -0.39 is 23.5 Å². The maximum atomic E-state index is 14.3. The zero-order valence-corrected chi connectivity index (χ0v) is 18.2. The number of imide groups is 1. The molecule has 0 saturated carbocycles. The number of halogens is 1. The Kier molecular flexibility index (Phi) is 5.30. The van der Waals surface area contributed by atoms with Crippen molar-refractivity contribution in [1.29, 1.82) is 0 Å². The van der Waals surface area contributed by atoms with Gasteiger partial charge in [0.25, 0.3) is 5.91 Å². The number of piperidine rings is 1. The Morgan fingerprint density at radius 2 is 1.88 bits per heavy atom. The number of fused-ring (bicyclic) bond motifs is 2. The van der Waals surface area contributed by atoms with Crippen LogP contribution in [0.15, 0.2) is 24.3 Å². The first-order valence-electron chi connectivity index (χ1n) is 11.3. The molecule has 1 aromatic rings. The molecular formula is C23H29FN4O4. The molecule has 4 aliphatic heterocycles. The number of likely N-dealkylation sites (tertiary alicyclic amines) is 2. The average molecular weight is 445 g/mol. The zero-order valence-electron chi connectivity index (χ0n) is 18.2. The molecule has 1 spiro atoms. The summed E-state index contributed by atoms with van der Waals surface area (Å²) < 4.78 is 14.3. The average Bonchev–Trinajstić information content (AvgIpc) is 3.14. The first kappa shape index (κ1) is 21.5. The van der Waals surface area contributed by atoms with Gasteiger partial charge >= 0.3 is 0 Å². The van der Waals surface area contributed by atoms with E-state index in [2.05, 4.69) is 4.90 Å². The molecule has 2 atom stereocenters. The zero-order chi connectivity index (χ0) is 22.6. The highest BCUT2D eigenvalue weighted by Gasteiger charge is 2.64. The van der Waals surface area contributed by atoms with Gasteiger partial charge in [-0.15, -0.1) is 0 Å². The van der Waals surface area contributed by atoms with Crippen LogP contribution < -0.4 is 0 Å². The monoisotopic (exact) mass is 444 g/mol. The van der Waals surface area contributed by atoms with Crippen molar-refractivity contribution in [2.75, 3.05) is 32.7 Å². The smallest absolute Gasteiger partial charge is 0.252 e. The fraction of sp³-hybridized carbons (Fsp3) is 0.609. The van der Waals surface area contributed by atoms with E-state index in [0.29, 0.717) is 44.7 Å². The van der Waals surface area contributed by atoms with Crippen LogP contribution in [0.25, 0.3) is 0 Å². The van der Waals surface area contributed by atoms with Gasteiger partial charge in [0.15, 0.2) is 0 Å². The molecule has 0 aromatic heterocycles. The van der Waals surface area contributed by atoms with Gasteiger partial charge in [0.1, 0.15) is 11.4 Å². The van der Waals surface area contributed by atoms with E-state index in [9.17, 15) is 23.9 Å². The standard InChI is InChI=1S/C23H29FN4O4/c1-15(29)25-8-6-17(7-9-25)26-13-23(14-26)22(32)27(11-16-4-2-3-5-19(16)24)21(31)20-10-18(30)12-28(20)23/h2-5,17-18,20,30H,6-14H2,1H3. The molecule has 9 heteroatoms. The highest BCUT2D eigenvalue weighted by molar-refractivity contribution is 6.06. The number of hydrogen-bond acceptors (Lipinski definition) is 6. The van der Waals surface area contributed by atoms with Gasteiger partial charge in [-0.25, -0.2) is 4.39 Å². The molecular weight excluding hydrogens is 415 g/mol. The van der Waals surface area contributed by atoms with Crippen LogP contribution in [0.5, 0.6) is 0 Å². The molecule has 1 N–H and O–H groups in total. The summed E-state index contributed by atoms with van der Waals surface area (Å²) in [5, 5.41) is 10.3. The lowest BCUT2D eigenvalue weighted by molar-refractivity contribution is -0.184. The predicted octanol–water partition coefficient (Wildman–Crippen LogP) is 0.195. The van der Waals surface area contributed by atoms with Crippen LogP contribution in [0, 0.1) is 5.82 Å². The van der Waals surface area contributed by atoms with Crippen LogP contribution in [0.1, 0.15) is 31.7 Å². The van der Waals surface area contributed by atoms with Crippen LogP contribution in [0.4, 0.5) is 4.39 Å². The normalized spacial score (nSPS) is 28.8. The molecule has 1 aromatic carbocycles. The molecule has 0 bridgehead atoms. The number of piperazine rings is 1. The van der Waals surface area contributed by atoms with Gasteiger partial charge in [-0.2, -0.15) is 0 Å². The fourth-order valence-electron chi connectivity index (χ4n) is 5.87. The van der Waals surface area contributed by atoms with Crippen molar-refractivity contribution < 1.29 is 23.9 Å². The quantitative estimate of drug-likeness (QED) is 0.671. The number of nitrogens with zero attached hydrogens (tertiary/aromatic N) is 4. The molecule has 4 heterocycles. The Morgan fingerprint density at radius 1 is 1.19 bits per heavy atom. The van der Waals surface area contributed by atoms with E-state index in [1.165, 1.54) is 11.0 Å². The largest absolute Gasteiger partial charge is 0.392 e. The maximum Gasteiger partial charge on any atom is 0.252 e. The predicted molar refractivity (Wildman–Crippen MR) is 113 cm³/mol. The number of amides is 3. The molecule has 0 aliphatic carbocycles. The van der Waals surface area contributed by atoms with Crippen molar-refractivity contribution in [3.05, 3.63) is 35.6 Å². The van der Waals surface area contributed by atoms with Crippen LogP contribution >= 0.6 is 0 Å². The number of carbonyl (C=O) groups is 3. The summed E-state index contributed by atoms with van der Waals surface area (Å²) in [7, 11) is 0. The molecule has 32 heavy (non-hydrogen) atoms. The number of benzene rings is 1. The number of hydrogen-bond donors (Lipinski definition) is 1. The van der Waals surface area contributed by atoms with Gasteiger partial charge in [-0.1, -0.05) is 18.2 Å². The van der Waals surface area contributed by atoms with Gasteiger partial charge in [0.2, 0.25) is 11.8 Å². The molecule has 4 saturated heterocycles. The minimum Gasteiger partial charge on any atom is -0.392 e. The van der Waals surface area contributed by atoms with Crippen LogP contribution in [0.2, 0.25) is 0 Å². The van der Waals surface area contributed by atoms with E-state index in [1.807, 2.05) is 9.80 Å². The van der Waals surface area contributed by atoms with Gasteiger partial charge in [0, 0.05) is 51.3 Å². The Labute approximate surface area is 186 Å². The lowest BCUT2D eigenvalue weighted by Crippen LogP contribution is -2.82. The Bertz CT molecular complexity index is 942. The lowest BCUT2D eigenvalue weighted by Gasteiger charge is -2.60. The molecule has 5 rings (SSSR count).